The number of imide groups is 2. The van der Waals surface area contributed by atoms with Crippen LogP contribution in [-0.4, -0.2) is 64.8 Å². The summed E-state index contributed by atoms with van der Waals surface area (Å²) in [5.41, 5.74) is 3.44. The number of hydrogen-bond acceptors (Lipinski definition) is 7. The van der Waals surface area contributed by atoms with Crippen LogP contribution in [0.25, 0.3) is 0 Å². The lowest BCUT2D eigenvalue weighted by Gasteiger charge is -2.38. The topological polar surface area (TPSA) is 108 Å². The third-order valence-corrected chi connectivity index (χ3v) is 8.51. The van der Waals surface area contributed by atoms with Crippen LogP contribution in [0.5, 0.6) is 0 Å². The largest absolute Gasteiger partial charge is 0.381 e. The fourth-order valence-electron chi connectivity index (χ4n) is 6.51. The Kier molecular flexibility index (Phi) is 6.49. The molecule has 3 saturated heterocycles. The maximum atomic E-state index is 13.3. The SMILES string of the molecule is CO[C@@H]1C[C@H]2CC[C@@H](C1)N2Cc1ccc(CNc2cccc3c2C(=O)N(C2CCC(=O)NC2=O)C3=O)cc1. The van der Waals surface area contributed by atoms with Gasteiger partial charge in [-0.05, 0) is 55.4 Å². The predicted molar refractivity (Wildman–Crippen MR) is 139 cm³/mol. The van der Waals surface area contributed by atoms with Gasteiger partial charge in [-0.1, -0.05) is 30.3 Å². The van der Waals surface area contributed by atoms with E-state index in [0.717, 1.165) is 29.8 Å². The van der Waals surface area contributed by atoms with Gasteiger partial charge in [-0.15, -0.1) is 0 Å². The average molecular weight is 517 g/mol. The first-order valence-electron chi connectivity index (χ1n) is 13.4. The number of carbonyl (C=O) groups excluding carboxylic acids is 4. The summed E-state index contributed by atoms with van der Waals surface area (Å²) in [6.45, 7) is 1.43. The van der Waals surface area contributed by atoms with E-state index in [1.807, 2.05) is 7.11 Å². The van der Waals surface area contributed by atoms with Gasteiger partial charge in [0.2, 0.25) is 11.8 Å². The van der Waals surface area contributed by atoms with Gasteiger partial charge in [0.1, 0.15) is 6.04 Å². The van der Waals surface area contributed by atoms with E-state index in [2.05, 4.69) is 39.8 Å². The Morgan fingerprint density at radius 3 is 2.32 bits per heavy atom. The van der Waals surface area contributed by atoms with Crippen molar-refractivity contribution < 1.29 is 23.9 Å². The maximum Gasteiger partial charge on any atom is 0.264 e. The Morgan fingerprint density at radius 1 is 0.921 bits per heavy atom. The van der Waals surface area contributed by atoms with E-state index >= 15 is 0 Å². The highest BCUT2D eigenvalue weighted by molar-refractivity contribution is 6.25. The normalized spacial score (nSPS) is 27.0. The number of amides is 4. The number of hydrogen-bond donors (Lipinski definition) is 2. The zero-order valence-corrected chi connectivity index (χ0v) is 21.4. The lowest BCUT2D eigenvalue weighted by Crippen LogP contribution is -2.54. The molecule has 2 bridgehead atoms. The summed E-state index contributed by atoms with van der Waals surface area (Å²) in [7, 11) is 1.82. The zero-order valence-electron chi connectivity index (χ0n) is 21.4. The predicted octanol–water partition coefficient (Wildman–Crippen LogP) is 2.84. The molecule has 0 saturated carbocycles. The van der Waals surface area contributed by atoms with Gasteiger partial charge < -0.3 is 10.1 Å². The molecule has 0 radical (unpaired) electrons. The highest BCUT2D eigenvalue weighted by Crippen LogP contribution is 2.38. The molecule has 0 spiro atoms. The molecule has 4 aliphatic heterocycles. The Morgan fingerprint density at radius 2 is 1.63 bits per heavy atom. The first-order valence-corrected chi connectivity index (χ1v) is 13.4. The lowest BCUT2D eigenvalue weighted by atomic mass is 9.98. The van der Waals surface area contributed by atoms with E-state index in [1.54, 1.807) is 18.2 Å². The standard InChI is InChI=1S/C29H32N4O5/c1-38-21-13-19-9-10-20(14-21)32(19)16-18-7-5-17(6-8-18)15-30-23-4-2-3-22-26(23)29(37)33(28(22)36)24-11-12-25(34)31-27(24)35/h2-8,19-21,24,30H,9-16H2,1H3,(H,31,34,35)/t19-,20+,21-,24?. The maximum absolute atomic E-state index is 13.3. The average Bonchev–Trinajstić information content (AvgIpc) is 3.30. The molecule has 2 aromatic carbocycles. The Hall–Kier alpha value is -3.56. The van der Waals surface area contributed by atoms with E-state index < -0.39 is 23.8 Å². The molecule has 0 aromatic heterocycles. The molecule has 4 heterocycles. The van der Waals surface area contributed by atoms with Crippen LogP contribution in [0.4, 0.5) is 5.69 Å². The van der Waals surface area contributed by atoms with Crippen molar-refractivity contribution in [3.8, 4) is 0 Å². The molecule has 3 fully saturated rings. The summed E-state index contributed by atoms with van der Waals surface area (Å²) in [6.07, 6.45) is 5.33. The van der Waals surface area contributed by atoms with E-state index in [0.29, 0.717) is 30.4 Å². The van der Waals surface area contributed by atoms with Crippen molar-refractivity contribution in [1.29, 1.82) is 0 Å². The highest BCUT2D eigenvalue weighted by atomic mass is 16.5. The van der Waals surface area contributed by atoms with Crippen molar-refractivity contribution in [3.05, 3.63) is 64.7 Å². The quantitative estimate of drug-likeness (QED) is 0.545. The molecular weight excluding hydrogens is 484 g/mol. The molecule has 0 aliphatic carbocycles. The summed E-state index contributed by atoms with van der Waals surface area (Å²) in [6, 6.07) is 13.8. The van der Waals surface area contributed by atoms with Crippen LogP contribution in [0.1, 0.15) is 70.4 Å². The summed E-state index contributed by atoms with van der Waals surface area (Å²) < 4.78 is 5.63. The van der Waals surface area contributed by atoms with E-state index in [9.17, 15) is 19.2 Å². The van der Waals surface area contributed by atoms with Gasteiger partial charge >= 0.3 is 0 Å². The minimum atomic E-state index is -0.976. The van der Waals surface area contributed by atoms with E-state index in [4.69, 9.17) is 4.74 Å². The van der Waals surface area contributed by atoms with Gasteiger partial charge in [0, 0.05) is 44.4 Å². The highest BCUT2D eigenvalue weighted by Gasteiger charge is 2.45. The molecule has 198 valence electrons. The fourth-order valence-corrected chi connectivity index (χ4v) is 6.51. The van der Waals surface area contributed by atoms with Gasteiger partial charge in [0.05, 0.1) is 17.2 Å². The Labute approximate surface area is 221 Å². The van der Waals surface area contributed by atoms with Crippen molar-refractivity contribution in [1.82, 2.24) is 15.1 Å². The molecule has 9 heteroatoms. The summed E-state index contributed by atoms with van der Waals surface area (Å²) >= 11 is 0. The third kappa shape index (κ3) is 4.39. The summed E-state index contributed by atoms with van der Waals surface area (Å²) in [5.74, 6) is -2.01. The number of methoxy groups -OCH3 is 1. The Balaban J connectivity index is 1.11. The second-order valence-electron chi connectivity index (χ2n) is 10.7. The molecule has 9 nitrogen and oxygen atoms in total. The molecule has 6 rings (SSSR count). The Bertz CT molecular complexity index is 1280. The smallest absolute Gasteiger partial charge is 0.264 e. The van der Waals surface area contributed by atoms with Crippen molar-refractivity contribution in [2.75, 3.05) is 12.4 Å². The van der Waals surface area contributed by atoms with E-state index in [-0.39, 0.29) is 29.9 Å². The van der Waals surface area contributed by atoms with Crippen LogP contribution in [0.2, 0.25) is 0 Å². The van der Waals surface area contributed by atoms with Gasteiger partial charge in [-0.2, -0.15) is 0 Å². The second kappa shape index (κ2) is 9.96. The summed E-state index contributed by atoms with van der Waals surface area (Å²) in [5, 5.41) is 5.54. The number of piperidine rings is 2. The number of nitrogens with zero attached hydrogens (tertiary/aromatic N) is 2. The minimum absolute atomic E-state index is 0.0949. The molecule has 2 N–H and O–H groups in total. The van der Waals surface area contributed by atoms with Gasteiger partial charge in [-0.25, -0.2) is 0 Å². The van der Waals surface area contributed by atoms with Crippen molar-refractivity contribution in [2.24, 2.45) is 0 Å². The number of carbonyl (C=O) groups is 4. The number of fused-ring (bicyclic) bond motifs is 3. The number of rotatable bonds is 7. The molecule has 4 amide bonds. The number of anilines is 1. The zero-order chi connectivity index (χ0) is 26.4. The molecule has 4 atom stereocenters. The van der Waals surface area contributed by atoms with Crippen LogP contribution in [0, 0.1) is 0 Å². The van der Waals surface area contributed by atoms with Crippen LogP contribution in [0.3, 0.4) is 0 Å². The molecule has 4 aliphatic rings. The monoisotopic (exact) mass is 516 g/mol. The van der Waals surface area contributed by atoms with Gasteiger partial charge in [0.25, 0.3) is 11.8 Å². The molecule has 2 aromatic rings. The van der Waals surface area contributed by atoms with Crippen LogP contribution < -0.4 is 10.6 Å². The van der Waals surface area contributed by atoms with Gasteiger partial charge in [-0.3, -0.25) is 34.3 Å². The minimum Gasteiger partial charge on any atom is -0.381 e. The third-order valence-electron chi connectivity index (χ3n) is 8.51. The fraction of sp³-hybridized carbons (Fsp3) is 0.448. The van der Waals surface area contributed by atoms with Crippen LogP contribution in [-0.2, 0) is 27.4 Å². The molecular formula is C29H32N4O5. The number of ether oxygens (including phenoxy) is 1. The first kappa shape index (κ1) is 24.8. The molecule has 1 unspecified atom stereocenters. The van der Waals surface area contributed by atoms with E-state index in [1.165, 1.54) is 18.4 Å². The van der Waals surface area contributed by atoms with Crippen molar-refractivity contribution >= 4 is 29.3 Å². The molecule has 38 heavy (non-hydrogen) atoms. The van der Waals surface area contributed by atoms with Crippen molar-refractivity contribution in [2.45, 2.75) is 75.8 Å². The number of nitrogens with one attached hydrogen (secondary N) is 2. The van der Waals surface area contributed by atoms with Crippen LogP contribution >= 0.6 is 0 Å². The van der Waals surface area contributed by atoms with Gasteiger partial charge in [0.15, 0.2) is 0 Å². The number of benzene rings is 2. The summed E-state index contributed by atoms with van der Waals surface area (Å²) in [4.78, 5) is 53.8. The van der Waals surface area contributed by atoms with Crippen LogP contribution in [0.15, 0.2) is 42.5 Å². The lowest BCUT2D eigenvalue weighted by molar-refractivity contribution is -0.136. The first-order chi connectivity index (χ1) is 18.4. The second-order valence-corrected chi connectivity index (χ2v) is 10.7. The van der Waals surface area contributed by atoms with Crippen molar-refractivity contribution in [3.63, 3.8) is 0 Å².